The maximum atomic E-state index is 15.7. The molecule has 3 aromatic carbocycles. The van der Waals surface area contributed by atoms with E-state index in [1.54, 1.807) is 0 Å². The summed E-state index contributed by atoms with van der Waals surface area (Å²) in [6.07, 6.45) is -6.51. The van der Waals surface area contributed by atoms with Gasteiger partial charge in [-0.1, -0.05) is 78.9 Å². The molecule has 0 atom stereocenters. The highest BCUT2D eigenvalue weighted by molar-refractivity contribution is 5.63. The van der Waals surface area contributed by atoms with E-state index < -0.39 is 40.1 Å². The fraction of sp³-hybridized carbons (Fsp3) is 0.182. The SMILES string of the molecule is Nc1ccccc1C(c1ccccc1)(c1ccccc1)C(F)(F)C(F)(F)C(F)(F)F. The molecular weight excluding hydrogens is 411 g/mol. The number of nitrogen functional groups attached to an aromatic ring is 1. The van der Waals surface area contributed by atoms with E-state index in [-0.39, 0.29) is 5.69 Å². The molecule has 0 aliphatic rings. The van der Waals surface area contributed by atoms with Gasteiger partial charge in [0.2, 0.25) is 0 Å². The van der Waals surface area contributed by atoms with Crippen molar-refractivity contribution in [2.24, 2.45) is 0 Å². The summed E-state index contributed by atoms with van der Waals surface area (Å²) in [5.41, 5.74) is 0.834. The number of anilines is 1. The normalized spacial score (nSPS) is 13.3. The van der Waals surface area contributed by atoms with Gasteiger partial charge in [-0.05, 0) is 22.8 Å². The molecule has 3 aromatic rings. The average Bonchev–Trinajstić information content (AvgIpc) is 2.70. The van der Waals surface area contributed by atoms with Gasteiger partial charge in [-0.25, -0.2) is 0 Å². The molecule has 0 aliphatic carbocycles. The summed E-state index contributed by atoms with van der Waals surface area (Å²) in [6, 6.07) is 17.2. The number of para-hydroxylation sites is 1. The Labute approximate surface area is 168 Å². The molecule has 0 spiro atoms. The van der Waals surface area contributed by atoms with Crippen LogP contribution in [0.3, 0.4) is 0 Å². The second-order valence-corrected chi connectivity index (χ2v) is 6.72. The number of benzene rings is 3. The highest BCUT2D eigenvalue weighted by Crippen LogP contribution is 2.60. The van der Waals surface area contributed by atoms with Crippen molar-refractivity contribution < 1.29 is 30.7 Å². The Morgan fingerprint density at radius 1 is 0.500 bits per heavy atom. The first kappa shape index (κ1) is 21.7. The largest absolute Gasteiger partial charge is 0.459 e. The van der Waals surface area contributed by atoms with Gasteiger partial charge in [-0.3, -0.25) is 0 Å². The minimum atomic E-state index is -6.51. The van der Waals surface area contributed by atoms with Crippen LogP contribution in [-0.4, -0.2) is 18.0 Å². The molecule has 0 amide bonds. The van der Waals surface area contributed by atoms with Crippen LogP contribution >= 0.6 is 0 Å². The van der Waals surface area contributed by atoms with Crippen LogP contribution in [0.15, 0.2) is 84.9 Å². The molecule has 0 aliphatic heterocycles. The lowest BCUT2D eigenvalue weighted by atomic mass is 9.63. The number of hydrogen-bond acceptors (Lipinski definition) is 1. The fourth-order valence-corrected chi connectivity index (χ4v) is 3.64. The van der Waals surface area contributed by atoms with Gasteiger partial charge >= 0.3 is 18.0 Å². The summed E-state index contributed by atoms with van der Waals surface area (Å²) in [5.74, 6) is -12.0. The summed E-state index contributed by atoms with van der Waals surface area (Å²) in [6.45, 7) is 0. The number of hydrogen-bond donors (Lipinski definition) is 1. The lowest BCUT2D eigenvalue weighted by Crippen LogP contribution is -2.63. The van der Waals surface area contributed by atoms with Crippen LogP contribution in [0, 0.1) is 0 Å². The molecule has 0 heterocycles. The highest BCUT2D eigenvalue weighted by Gasteiger charge is 2.80. The summed E-state index contributed by atoms with van der Waals surface area (Å²) in [5, 5.41) is 0. The molecule has 2 N–H and O–H groups in total. The molecule has 8 heteroatoms. The van der Waals surface area contributed by atoms with Crippen LogP contribution in [-0.2, 0) is 5.41 Å². The molecule has 0 bridgehead atoms. The van der Waals surface area contributed by atoms with Crippen molar-refractivity contribution in [2.45, 2.75) is 23.4 Å². The minimum absolute atomic E-state index is 0.345. The van der Waals surface area contributed by atoms with Crippen LogP contribution in [0.25, 0.3) is 0 Å². The van der Waals surface area contributed by atoms with Crippen LogP contribution in [0.2, 0.25) is 0 Å². The fourth-order valence-electron chi connectivity index (χ4n) is 3.64. The van der Waals surface area contributed by atoms with Gasteiger partial charge in [0.05, 0.1) is 0 Å². The molecule has 0 fully saturated rings. The Bertz CT molecular complexity index is 959. The van der Waals surface area contributed by atoms with Crippen LogP contribution in [0.1, 0.15) is 16.7 Å². The Morgan fingerprint density at radius 3 is 1.30 bits per heavy atom. The summed E-state index contributed by atoms with van der Waals surface area (Å²) >= 11 is 0. The van der Waals surface area contributed by atoms with E-state index in [1.165, 1.54) is 54.6 Å². The summed E-state index contributed by atoms with van der Waals surface area (Å²) in [4.78, 5) is 0. The Kier molecular flexibility index (Phi) is 5.30. The lowest BCUT2D eigenvalue weighted by Gasteiger charge is -2.45. The number of nitrogens with two attached hydrogens (primary N) is 1. The standard InChI is InChI=1S/C22H16F7N/c23-20(24,21(25,26)22(27,28)29)19(15-9-3-1-4-10-15,16-11-5-2-6-12-16)17-13-7-8-14-18(17)30/h1-14H,30H2. The molecule has 30 heavy (non-hydrogen) atoms. The number of rotatable bonds is 5. The zero-order valence-corrected chi connectivity index (χ0v) is 15.3. The maximum Gasteiger partial charge on any atom is 0.459 e. The van der Waals surface area contributed by atoms with Crippen LogP contribution in [0.4, 0.5) is 36.4 Å². The highest BCUT2D eigenvalue weighted by atomic mass is 19.4. The first-order chi connectivity index (χ1) is 14.0. The quantitative estimate of drug-likeness (QED) is 0.283. The number of halogens is 7. The van der Waals surface area contributed by atoms with Crippen molar-refractivity contribution in [1.82, 2.24) is 0 Å². The van der Waals surface area contributed by atoms with Gasteiger partial charge in [0, 0.05) is 5.69 Å². The molecule has 1 nitrogen and oxygen atoms in total. The molecule has 3 rings (SSSR count). The van der Waals surface area contributed by atoms with E-state index in [4.69, 9.17) is 5.73 Å². The molecule has 158 valence electrons. The van der Waals surface area contributed by atoms with Crippen LogP contribution in [0.5, 0.6) is 0 Å². The zero-order valence-electron chi connectivity index (χ0n) is 15.3. The van der Waals surface area contributed by atoms with E-state index in [0.717, 1.165) is 30.3 Å². The van der Waals surface area contributed by atoms with Gasteiger partial charge in [0.25, 0.3) is 0 Å². The van der Waals surface area contributed by atoms with Crippen molar-refractivity contribution in [1.29, 1.82) is 0 Å². The smallest absolute Gasteiger partial charge is 0.398 e. The van der Waals surface area contributed by atoms with Gasteiger partial charge in [0.1, 0.15) is 5.41 Å². The third-order valence-corrected chi connectivity index (χ3v) is 5.00. The first-order valence-electron chi connectivity index (χ1n) is 8.76. The van der Waals surface area contributed by atoms with E-state index >= 15 is 8.78 Å². The van der Waals surface area contributed by atoms with E-state index in [2.05, 4.69) is 0 Å². The molecule has 0 saturated carbocycles. The molecule has 0 aromatic heterocycles. The van der Waals surface area contributed by atoms with E-state index in [9.17, 15) is 22.0 Å². The monoisotopic (exact) mass is 427 g/mol. The average molecular weight is 427 g/mol. The topological polar surface area (TPSA) is 26.0 Å². The van der Waals surface area contributed by atoms with Gasteiger partial charge in [0.15, 0.2) is 0 Å². The van der Waals surface area contributed by atoms with Gasteiger partial charge in [-0.2, -0.15) is 30.7 Å². The third kappa shape index (κ3) is 3.02. The summed E-state index contributed by atoms with van der Waals surface area (Å²) < 4.78 is 100. The predicted octanol–water partition coefficient (Wildman–Crippen LogP) is 6.44. The van der Waals surface area contributed by atoms with Crippen molar-refractivity contribution >= 4 is 5.69 Å². The minimum Gasteiger partial charge on any atom is -0.398 e. The number of alkyl halides is 7. The summed E-state index contributed by atoms with van der Waals surface area (Å²) in [7, 11) is 0. The second-order valence-electron chi connectivity index (χ2n) is 6.72. The first-order valence-corrected chi connectivity index (χ1v) is 8.76. The van der Waals surface area contributed by atoms with Crippen molar-refractivity contribution in [3.63, 3.8) is 0 Å². The Hall–Kier alpha value is -3.03. The molecular formula is C22H16F7N. The van der Waals surface area contributed by atoms with Crippen LogP contribution < -0.4 is 5.73 Å². The molecule has 0 unspecified atom stereocenters. The second kappa shape index (κ2) is 7.34. The van der Waals surface area contributed by atoms with E-state index in [0.29, 0.717) is 0 Å². The zero-order chi connectivity index (χ0) is 22.2. The Morgan fingerprint density at radius 2 is 0.900 bits per heavy atom. The predicted molar refractivity (Wildman–Crippen MR) is 99.6 cm³/mol. The van der Waals surface area contributed by atoms with Gasteiger partial charge in [-0.15, -0.1) is 0 Å². The lowest BCUT2D eigenvalue weighted by molar-refractivity contribution is -0.364. The van der Waals surface area contributed by atoms with Crippen molar-refractivity contribution in [2.75, 3.05) is 5.73 Å². The van der Waals surface area contributed by atoms with Gasteiger partial charge < -0.3 is 5.73 Å². The Balaban J connectivity index is 2.56. The van der Waals surface area contributed by atoms with Crippen molar-refractivity contribution in [3.8, 4) is 0 Å². The maximum absolute atomic E-state index is 15.7. The van der Waals surface area contributed by atoms with Crippen molar-refractivity contribution in [3.05, 3.63) is 102 Å². The molecule has 0 saturated heterocycles. The third-order valence-electron chi connectivity index (χ3n) is 5.00. The molecule has 0 radical (unpaired) electrons. The van der Waals surface area contributed by atoms with E-state index in [1.807, 2.05) is 0 Å².